The molecule has 2 rings (SSSR count). The summed E-state index contributed by atoms with van der Waals surface area (Å²) >= 11 is 11.9. The molecule has 0 aliphatic heterocycles. The normalized spacial score (nSPS) is 12.0. The Labute approximate surface area is 150 Å². The zero-order chi connectivity index (χ0) is 17.7. The van der Waals surface area contributed by atoms with Crippen LogP contribution in [0.1, 0.15) is 30.0 Å². The lowest BCUT2D eigenvalue weighted by molar-refractivity contribution is -0.124. The van der Waals surface area contributed by atoms with Crippen molar-refractivity contribution in [3.63, 3.8) is 0 Å². The smallest absolute Gasteiger partial charge is 0.287 e. The average Bonchev–Trinajstić information content (AvgIpc) is 3.05. The third-order valence-corrected chi connectivity index (χ3v) is 4.04. The van der Waals surface area contributed by atoms with Gasteiger partial charge in [0, 0.05) is 16.6 Å². The third-order valence-electron chi connectivity index (χ3n) is 3.45. The van der Waals surface area contributed by atoms with Gasteiger partial charge in [-0.15, -0.1) is 0 Å². The molecular formula is C17H18Cl2N2O3. The van der Waals surface area contributed by atoms with Crippen LogP contribution in [0, 0.1) is 5.92 Å². The highest BCUT2D eigenvalue weighted by Crippen LogP contribution is 2.20. The van der Waals surface area contributed by atoms with E-state index in [-0.39, 0.29) is 24.1 Å². The van der Waals surface area contributed by atoms with Crippen molar-refractivity contribution >= 4 is 35.0 Å². The Hall–Kier alpha value is -1.98. The largest absolute Gasteiger partial charge is 0.459 e. The van der Waals surface area contributed by atoms with Crippen molar-refractivity contribution < 1.29 is 14.0 Å². The molecule has 2 N–H and O–H groups in total. The lowest BCUT2D eigenvalue weighted by Gasteiger charge is -2.21. The minimum atomic E-state index is -0.686. The molecule has 1 aromatic heterocycles. The van der Waals surface area contributed by atoms with E-state index in [1.54, 1.807) is 24.3 Å². The summed E-state index contributed by atoms with van der Waals surface area (Å²) in [6.45, 7) is 3.94. The van der Waals surface area contributed by atoms with Crippen LogP contribution >= 0.6 is 23.2 Å². The summed E-state index contributed by atoms with van der Waals surface area (Å²) in [5.41, 5.74) is 0.745. The number of hydrogen-bond donors (Lipinski definition) is 2. The van der Waals surface area contributed by atoms with Gasteiger partial charge in [0.2, 0.25) is 5.91 Å². The van der Waals surface area contributed by atoms with Crippen molar-refractivity contribution in [3.8, 4) is 0 Å². The number of nitrogens with one attached hydrogen (secondary N) is 2. The zero-order valence-corrected chi connectivity index (χ0v) is 14.8. The van der Waals surface area contributed by atoms with E-state index >= 15 is 0 Å². The molecule has 7 heteroatoms. The van der Waals surface area contributed by atoms with Crippen LogP contribution in [0.4, 0.5) is 0 Å². The van der Waals surface area contributed by atoms with Gasteiger partial charge >= 0.3 is 0 Å². The van der Waals surface area contributed by atoms with Crippen LogP contribution in [0.25, 0.3) is 0 Å². The summed E-state index contributed by atoms with van der Waals surface area (Å²) in [5.74, 6) is -0.659. The third kappa shape index (κ3) is 4.76. The predicted octanol–water partition coefficient (Wildman–Crippen LogP) is 3.66. The quantitative estimate of drug-likeness (QED) is 0.817. The van der Waals surface area contributed by atoms with Crippen LogP contribution in [0.2, 0.25) is 10.0 Å². The predicted molar refractivity (Wildman–Crippen MR) is 93.1 cm³/mol. The van der Waals surface area contributed by atoms with Gasteiger partial charge in [0.25, 0.3) is 5.91 Å². The maximum Gasteiger partial charge on any atom is 0.287 e. The summed E-state index contributed by atoms with van der Waals surface area (Å²) in [5, 5.41) is 6.46. The number of carbonyl (C=O) groups excluding carboxylic acids is 2. The number of carbonyl (C=O) groups is 2. The summed E-state index contributed by atoms with van der Waals surface area (Å²) in [6.07, 6.45) is 1.40. The highest BCUT2D eigenvalue weighted by Gasteiger charge is 2.25. The van der Waals surface area contributed by atoms with E-state index in [2.05, 4.69) is 10.6 Å². The van der Waals surface area contributed by atoms with Gasteiger partial charge in [-0.05, 0) is 35.7 Å². The fraction of sp³-hybridized carbons (Fsp3) is 0.294. The minimum absolute atomic E-state index is 0.0930. The molecule has 0 saturated heterocycles. The van der Waals surface area contributed by atoms with E-state index < -0.39 is 11.9 Å². The first-order valence-corrected chi connectivity index (χ1v) is 8.20. The van der Waals surface area contributed by atoms with Crippen LogP contribution < -0.4 is 10.6 Å². The minimum Gasteiger partial charge on any atom is -0.459 e. The molecule has 0 unspecified atom stereocenters. The Kier molecular flexibility index (Phi) is 6.29. The van der Waals surface area contributed by atoms with Gasteiger partial charge in [-0.2, -0.15) is 0 Å². The molecule has 2 aromatic rings. The Morgan fingerprint density at radius 3 is 2.54 bits per heavy atom. The van der Waals surface area contributed by atoms with E-state index in [0.29, 0.717) is 10.0 Å². The fourth-order valence-electron chi connectivity index (χ4n) is 2.11. The van der Waals surface area contributed by atoms with Crippen LogP contribution in [0.3, 0.4) is 0 Å². The van der Waals surface area contributed by atoms with E-state index in [0.717, 1.165) is 5.56 Å². The van der Waals surface area contributed by atoms with Crippen molar-refractivity contribution in [1.29, 1.82) is 0 Å². The highest BCUT2D eigenvalue weighted by atomic mass is 35.5. The number of rotatable bonds is 6. The molecule has 2 amide bonds. The van der Waals surface area contributed by atoms with Gasteiger partial charge in [0.1, 0.15) is 6.04 Å². The zero-order valence-electron chi connectivity index (χ0n) is 13.3. The number of halogens is 2. The Morgan fingerprint density at radius 1 is 1.21 bits per heavy atom. The molecule has 128 valence electrons. The first kappa shape index (κ1) is 18.4. The molecule has 0 aliphatic carbocycles. The maximum absolute atomic E-state index is 12.4. The van der Waals surface area contributed by atoms with Crippen molar-refractivity contribution in [2.24, 2.45) is 5.92 Å². The summed E-state index contributed by atoms with van der Waals surface area (Å²) in [4.78, 5) is 24.5. The number of amides is 2. The van der Waals surface area contributed by atoms with Crippen LogP contribution in [0.15, 0.2) is 41.0 Å². The molecule has 0 spiro atoms. The Balaban J connectivity index is 2.00. The molecule has 0 radical (unpaired) electrons. The molecular weight excluding hydrogens is 351 g/mol. The second-order valence-corrected chi connectivity index (χ2v) is 6.47. The van der Waals surface area contributed by atoms with Crippen molar-refractivity contribution in [3.05, 3.63) is 58.0 Å². The standard InChI is InChI=1S/C17H18Cl2N2O3/c1-10(2)15(21-16(22)14-4-3-7-24-14)17(23)20-9-11-5-6-12(18)8-13(11)19/h3-8,10,15H,9H2,1-2H3,(H,20,23)(H,21,22)/t15-/m0/s1. The van der Waals surface area contributed by atoms with Crippen molar-refractivity contribution in [2.45, 2.75) is 26.4 Å². The van der Waals surface area contributed by atoms with Crippen molar-refractivity contribution in [1.82, 2.24) is 10.6 Å². The average molecular weight is 369 g/mol. The first-order chi connectivity index (χ1) is 11.4. The van der Waals surface area contributed by atoms with Gasteiger partial charge in [-0.3, -0.25) is 9.59 Å². The molecule has 5 nitrogen and oxygen atoms in total. The molecule has 0 saturated carbocycles. The van der Waals surface area contributed by atoms with Gasteiger partial charge < -0.3 is 15.1 Å². The second-order valence-electron chi connectivity index (χ2n) is 5.63. The SMILES string of the molecule is CC(C)[C@H](NC(=O)c1ccco1)C(=O)NCc1ccc(Cl)cc1Cl. The number of benzene rings is 1. The highest BCUT2D eigenvalue weighted by molar-refractivity contribution is 6.35. The molecule has 1 aromatic carbocycles. The lowest BCUT2D eigenvalue weighted by atomic mass is 10.0. The van der Waals surface area contributed by atoms with Gasteiger partial charge in [-0.25, -0.2) is 0 Å². The second kappa shape index (κ2) is 8.22. The topological polar surface area (TPSA) is 71.3 Å². The Morgan fingerprint density at radius 2 is 1.96 bits per heavy atom. The fourth-order valence-corrected chi connectivity index (χ4v) is 2.59. The molecule has 0 bridgehead atoms. The molecule has 1 atom stereocenters. The molecule has 1 heterocycles. The van der Waals surface area contributed by atoms with Crippen LogP contribution in [-0.4, -0.2) is 17.9 Å². The van der Waals surface area contributed by atoms with E-state index in [9.17, 15) is 9.59 Å². The van der Waals surface area contributed by atoms with Crippen LogP contribution in [-0.2, 0) is 11.3 Å². The van der Waals surface area contributed by atoms with Crippen molar-refractivity contribution in [2.75, 3.05) is 0 Å². The molecule has 0 aliphatic rings. The van der Waals surface area contributed by atoms with E-state index in [4.69, 9.17) is 27.6 Å². The maximum atomic E-state index is 12.4. The van der Waals surface area contributed by atoms with E-state index in [1.807, 2.05) is 13.8 Å². The number of hydrogen-bond acceptors (Lipinski definition) is 3. The summed E-state index contributed by atoms with van der Waals surface area (Å²) < 4.78 is 5.04. The summed E-state index contributed by atoms with van der Waals surface area (Å²) in [6, 6.07) is 7.53. The molecule has 0 fully saturated rings. The van der Waals surface area contributed by atoms with Gasteiger partial charge in [0.05, 0.1) is 6.26 Å². The van der Waals surface area contributed by atoms with Crippen LogP contribution in [0.5, 0.6) is 0 Å². The van der Waals surface area contributed by atoms with Gasteiger partial charge in [-0.1, -0.05) is 43.1 Å². The molecule has 24 heavy (non-hydrogen) atoms. The monoisotopic (exact) mass is 368 g/mol. The first-order valence-electron chi connectivity index (χ1n) is 7.44. The Bertz CT molecular complexity index is 715. The van der Waals surface area contributed by atoms with E-state index in [1.165, 1.54) is 12.3 Å². The summed E-state index contributed by atoms with van der Waals surface area (Å²) in [7, 11) is 0. The lowest BCUT2D eigenvalue weighted by Crippen LogP contribution is -2.49. The number of furan rings is 1. The van der Waals surface area contributed by atoms with Gasteiger partial charge in [0.15, 0.2) is 5.76 Å².